The third-order valence-electron chi connectivity index (χ3n) is 7.53. The van der Waals surface area contributed by atoms with Gasteiger partial charge in [0.2, 0.25) is 0 Å². The molecule has 2 amide bonds. The van der Waals surface area contributed by atoms with Gasteiger partial charge in [-0.15, -0.1) is 0 Å². The lowest BCUT2D eigenvalue weighted by atomic mass is 10.0. The van der Waals surface area contributed by atoms with Gasteiger partial charge in [-0.05, 0) is 24.6 Å². The number of aromatic amines is 1. The number of nitrogens with zero attached hydrogens (tertiary/aromatic N) is 6. The number of benzene rings is 1. The SMILES string of the molecule is Cc1cnc(-c2cnc(N3CCNCC3)cn2)c2[nH]cc(C(=O)C(=O)N3CCN(C(=O)c4ccccc4)CC3)c12. The predicted octanol–water partition coefficient (Wildman–Crippen LogP) is 1.91. The molecule has 40 heavy (non-hydrogen) atoms. The number of fused-ring (bicyclic) bond motifs is 1. The van der Waals surface area contributed by atoms with E-state index in [1.165, 1.54) is 4.90 Å². The molecule has 1 aromatic carbocycles. The number of anilines is 1. The number of pyridine rings is 1. The van der Waals surface area contributed by atoms with E-state index in [0.29, 0.717) is 59.6 Å². The van der Waals surface area contributed by atoms with Gasteiger partial charge in [-0.25, -0.2) is 9.97 Å². The number of amides is 2. The van der Waals surface area contributed by atoms with Crippen LogP contribution in [0.15, 0.2) is 55.1 Å². The lowest BCUT2D eigenvalue weighted by Crippen LogP contribution is -2.52. The lowest BCUT2D eigenvalue weighted by molar-refractivity contribution is -0.127. The number of H-pyrrole nitrogens is 1. The van der Waals surface area contributed by atoms with Crippen LogP contribution in [0.3, 0.4) is 0 Å². The summed E-state index contributed by atoms with van der Waals surface area (Å²) in [6, 6.07) is 9.06. The van der Waals surface area contributed by atoms with E-state index < -0.39 is 11.7 Å². The number of nitrogens with one attached hydrogen (secondary N) is 2. The first kappa shape index (κ1) is 25.6. The second-order valence-corrected chi connectivity index (χ2v) is 10.0. The summed E-state index contributed by atoms with van der Waals surface area (Å²) in [5, 5.41) is 3.97. The fraction of sp³-hybridized carbons (Fsp3) is 0.310. The zero-order chi connectivity index (χ0) is 27.6. The number of rotatable bonds is 5. The van der Waals surface area contributed by atoms with Crippen molar-refractivity contribution in [2.24, 2.45) is 0 Å². The summed E-state index contributed by atoms with van der Waals surface area (Å²) >= 11 is 0. The molecule has 0 atom stereocenters. The Hall–Kier alpha value is -4.64. The van der Waals surface area contributed by atoms with Crippen LogP contribution in [-0.4, -0.2) is 99.7 Å². The molecule has 3 aromatic heterocycles. The zero-order valence-corrected chi connectivity index (χ0v) is 22.3. The monoisotopic (exact) mass is 538 g/mol. The average molecular weight is 539 g/mol. The molecule has 0 radical (unpaired) electrons. The fourth-order valence-electron chi connectivity index (χ4n) is 5.32. The maximum absolute atomic E-state index is 13.4. The molecular formula is C29H30N8O3. The number of hydrogen-bond donors (Lipinski definition) is 2. The summed E-state index contributed by atoms with van der Waals surface area (Å²) < 4.78 is 0. The van der Waals surface area contributed by atoms with Crippen molar-refractivity contribution < 1.29 is 14.4 Å². The van der Waals surface area contributed by atoms with E-state index in [4.69, 9.17) is 0 Å². The third-order valence-corrected chi connectivity index (χ3v) is 7.53. The highest BCUT2D eigenvalue weighted by atomic mass is 16.2. The Morgan fingerprint density at radius 2 is 1.55 bits per heavy atom. The molecule has 5 heterocycles. The molecule has 2 fully saturated rings. The molecule has 0 bridgehead atoms. The van der Waals surface area contributed by atoms with E-state index in [1.807, 2.05) is 25.1 Å². The number of piperazine rings is 2. The highest BCUT2D eigenvalue weighted by Crippen LogP contribution is 2.30. The molecule has 11 nitrogen and oxygen atoms in total. The molecule has 204 valence electrons. The van der Waals surface area contributed by atoms with Crippen LogP contribution in [0.25, 0.3) is 22.3 Å². The van der Waals surface area contributed by atoms with E-state index >= 15 is 0 Å². The van der Waals surface area contributed by atoms with Crippen LogP contribution >= 0.6 is 0 Å². The standard InChI is InChI=1S/C29H30N8O3/c1-19-15-33-25(22-17-32-23(18-31-22)35-9-7-30-8-10-35)26-24(19)21(16-34-26)27(38)29(40)37-13-11-36(12-14-37)28(39)20-5-3-2-4-6-20/h2-6,15-18,30,34H,7-14H2,1H3. The first-order valence-electron chi connectivity index (χ1n) is 13.4. The van der Waals surface area contributed by atoms with Crippen molar-refractivity contribution in [3.8, 4) is 11.4 Å². The van der Waals surface area contributed by atoms with Crippen molar-refractivity contribution in [2.45, 2.75) is 6.92 Å². The molecule has 0 unspecified atom stereocenters. The number of Topliss-reactive ketones (excluding diaryl/α,β-unsaturated/α-hetero) is 1. The molecule has 6 rings (SSSR count). The van der Waals surface area contributed by atoms with Gasteiger partial charge < -0.3 is 25.0 Å². The maximum Gasteiger partial charge on any atom is 0.295 e. The first-order chi connectivity index (χ1) is 19.5. The van der Waals surface area contributed by atoms with E-state index in [2.05, 4.69) is 30.2 Å². The molecule has 11 heteroatoms. The first-order valence-corrected chi connectivity index (χ1v) is 13.4. The van der Waals surface area contributed by atoms with Crippen LogP contribution in [0.4, 0.5) is 5.82 Å². The van der Waals surface area contributed by atoms with Crippen molar-refractivity contribution in [2.75, 3.05) is 57.3 Å². The van der Waals surface area contributed by atoms with Gasteiger partial charge in [-0.3, -0.25) is 19.4 Å². The molecule has 2 aliphatic heterocycles. The predicted molar refractivity (Wildman–Crippen MR) is 150 cm³/mol. The van der Waals surface area contributed by atoms with Gasteiger partial charge in [0, 0.05) is 75.7 Å². The highest BCUT2D eigenvalue weighted by Gasteiger charge is 2.31. The molecule has 4 aromatic rings. The Morgan fingerprint density at radius 3 is 2.25 bits per heavy atom. The van der Waals surface area contributed by atoms with Gasteiger partial charge in [0.05, 0.1) is 23.5 Å². The second-order valence-electron chi connectivity index (χ2n) is 10.0. The van der Waals surface area contributed by atoms with E-state index in [9.17, 15) is 14.4 Å². The van der Waals surface area contributed by atoms with Crippen LogP contribution in [-0.2, 0) is 4.79 Å². The number of aryl methyl sites for hydroxylation is 1. The maximum atomic E-state index is 13.4. The second kappa shape index (κ2) is 10.9. The molecule has 2 N–H and O–H groups in total. The summed E-state index contributed by atoms with van der Waals surface area (Å²) in [5.74, 6) is -0.428. The van der Waals surface area contributed by atoms with Crippen molar-refractivity contribution in [1.29, 1.82) is 0 Å². The highest BCUT2D eigenvalue weighted by molar-refractivity contribution is 6.45. The quantitative estimate of drug-likeness (QED) is 0.291. The van der Waals surface area contributed by atoms with Gasteiger partial charge in [0.1, 0.15) is 17.2 Å². The number of carbonyl (C=O) groups is 3. The Balaban J connectivity index is 1.19. The zero-order valence-electron chi connectivity index (χ0n) is 22.3. The number of hydrogen-bond acceptors (Lipinski definition) is 8. The molecule has 2 saturated heterocycles. The Bertz CT molecular complexity index is 1550. The van der Waals surface area contributed by atoms with Crippen LogP contribution in [0.2, 0.25) is 0 Å². The molecule has 2 aliphatic rings. The van der Waals surface area contributed by atoms with Gasteiger partial charge in [-0.1, -0.05) is 18.2 Å². The van der Waals surface area contributed by atoms with Gasteiger partial charge in [0.15, 0.2) is 0 Å². The van der Waals surface area contributed by atoms with Gasteiger partial charge >= 0.3 is 0 Å². The minimum absolute atomic E-state index is 0.0737. The summed E-state index contributed by atoms with van der Waals surface area (Å²) in [6.45, 7) is 6.75. The van der Waals surface area contributed by atoms with E-state index in [-0.39, 0.29) is 5.91 Å². The molecular weight excluding hydrogens is 508 g/mol. The molecule has 0 aliphatic carbocycles. The summed E-state index contributed by atoms with van der Waals surface area (Å²) in [6.07, 6.45) is 6.69. The van der Waals surface area contributed by atoms with Crippen LogP contribution in [0, 0.1) is 6.92 Å². The lowest BCUT2D eigenvalue weighted by Gasteiger charge is -2.34. The molecule has 0 saturated carbocycles. The van der Waals surface area contributed by atoms with Crippen molar-refractivity contribution >= 4 is 34.3 Å². The number of aromatic nitrogens is 4. The Labute approximate surface area is 231 Å². The van der Waals surface area contributed by atoms with Crippen molar-refractivity contribution in [3.05, 3.63) is 71.8 Å². The topological polar surface area (TPSA) is 127 Å². The molecule has 0 spiro atoms. The van der Waals surface area contributed by atoms with Crippen molar-refractivity contribution in [1.82, 2.24) is 35.1 Å². The van der Waals surface area contributed by atoms with Gasteiger partial charge in [0.25, 0.3) is 17.6 Å². The Kier molecular flexibility index (Phi) is 6.95. The van der Waals surface area contributed by atoms with Crippen molar-refractivity contribution in [3.63, 3.8) is 0 Å². The van der Waals surface area contributed by atoms with E-state index in [0.717, 1.165) is 37.6 Å². The average Bonchev–Trinajstić information content (AvgIpc) is 3.47. The minimum atomic E-state index is -0.588. The Morgan fingerprint density at radius 1 is 0.825 bits per heavy atom. The summed E-state index contributed by atoms with van der Waals surface area (Å²) in [7, 11) is 0. The normalized spacial score (nSPS) is 15.9. The fourth-order valence-corrected chi connectivity index (χ4v) is 5.32. The minimum Gasteiger partial charge on any atom is -0.359 e. The number of carbonyl (C=O) groups excluding carboxylic acids is 3. The van der Waals surface area contributed by atoms with E-state index in [1.54, 1.807) is 41.8 Å². The van der Waals surface area contributed by atoms with Crippen LogP contribution < -0.4 is 10.2 Å². The largest absolute Gasteiger partial charge is 0.359 e. The third kappa shape index (κ3) is 4.79. The number of ketones is 1. The van der Waals surface area contributed by atoms with Crippen LogP contribution in [0.5, 0.6) is 0 Å². The summed E-state index contributed by atoms with van der Waals surface area (Å²) in [4.78, 5) is 61.8. The smallest absolute Gasteiger partial charge is 0.295 e. The van der Waals surface area contributed by atoms with Crippen LogP contribution in [0.1, 0.15) is 26.3 Å². The summed E-state index contributed by atoms with van der Waals surface area (Å²) in [5.41, 5.74) is 3.47. The van der Waals surface area contributed by atoms with Gasteiger partial charge in [-0.2, -0.15) is 0 Å².